The van der Waals surface area contributed by atoms with Crippen LogP contribution in [0.5, 0.6) is 0 Å². The Kier molecular flexibility index (Phi) is 4.99. The zero-order valence-electron chi connectivity index (χ0n) is 11.4. The monoisotopic (exact) mass is 282 g/mol. The van der Waals surface area contributed by atoms with Crippen molar-refractivity contribution in [3.8, 4) is 0 Å². The summed E-state index contributed by atoms with van der Waals surface area (Å²) in [5.41, 5.74) is -0.662. The molecule has 0 N–H and O–H groups in total. The third-order valence-electron chi connectivity index (χ3n) is 3.61. The molecule has 3 nitrogen and oxygen atoms in total. The van der Waals surface area contributed by atoms with Crippen LogP contribution in [0.15, 0.2) is 35.2 Å². The molecule has 0 spiro atoms. The molecule has 0 amide bonds. The Labute approximate surface area is 115 Å². The molecule has 1 heterocycles. The SMILES string of the molecule is CCCC[C@H]1CCC[C@H](S(=O)(=O)c2ccccc2)O1. The van der Waals surface area contributed by atoms with Crippen molar-refractivity contribution in [1.82, 2.24) is 0 Å². The number of hydrogen-bond donors (Lipinski definition) is 0. The molecule has 1 aliphatic heterocycles. The van der Waals surface area contributed by atoms with Gasteiger partial charge in [0.2, 0.25) is 9.84 Å². The first kappa shape index (κ1) is 14.5. The largest absolute Gasteiger partial charge is 0.359 e. The van der Waals surface area contributed by atoms with Crippen molar-refractivity contribution in [2.45, 2.75) is 61.9 Å². The maximum atomic E-state index is 12.5. The van der Waals surface area contributed by atoms with E-state index in [1.54, 1.807) is 24.3 Å². The van der Waals surface area contributed by atoms with Crippen LogP contribution < -0.4 is 0 Å². The fourth-order valence-corrected chi connectivity index (χ4v) is 4.12. The van der Waals surface area contributed by atoms with E-state index in [1.807, 2.05) is 6.07 Å². The van der Waals surface area contributed by atoms with Gasteiger partial charge in [-0.2, -0.15) is 0 Å². The van der Waals surface area contributed by atoms with E-state index >= 15 is 0 Å². The average molecular weight is 282 g/mol. The normalized spacial score (nSPS) is 24.3. The third-order valence-corrected chi connectivity index (χ3v) is 5.58. The molecule has 1 fully saturated rings. The summed E-state index contributed by atoms with van der Waals surface area (Å²) in [6.45, 7) is 2.14. The van der Waals surface area contributed by atoms with Crippen molar-refractivity contribution >= 4 is 9.84 Å². The lowest BCUT2D eigenvalue weighted by Gasteiger charge is -2.29. The molecule has 0 saturated carbocycles. The maximum absolute atomic E-state index is 12.5. The number of rotatable bonds is 5. The first-order valence-corrected chi connectivity index (χ1v) is 8.63. The molecule has 1 aromatic rings. The second kappa shape index (κ2) is 6.53. The van der Waals surface area contributed by atoms with Gasteiger partial charge in [-0.1, -0.05) is 38.0 Å². The van der Waals surface area contributed by atoms with Crippen molar-refractivity contribution in [2.24, 2.45) is 0 Å². The molecule has 2 rings (SSSR count). The molecule has 0 aromatic heterocycles. The van der Waals surface area contributed by atoms with Crippen molar-refractivity contribution in [3.05, 3.63) is 30.3 Å². The van der Waals surface area contributed by atoms with Gasteiger partial charge in [0.15, 0.2) is 5.44 Å². The number of hydrogen-bond acceptors (Lipinski definition) is 3. The molecule has 1 saturated heterocycles. The molecule has 1 aromatic carbocycles. The van der Waals surface area contributed by atoms with E-state index in [0.717, 1.165) is 32.1 Å². The van der Waals surface area contributed by atoms with Gasteiger partial charge in [0, 0.05) is 0 Å². The standard InChI is InChI=1S/C15H22O3S/c1-2-3-8-13-9-7-12-15(18-13)19(16,17)14-10-5-4-6-11-14/h4-6,10-11,13,15H,2-3,7-9,12H2,1H3/t13-,15-/m0/s1. The molecule has 0 radical (unpaired) electrons. The van der Waals surface area contributed by atoms with E-state index in [9.17, 15) is 8.42 Å². The van der Waals surface area contributed by atoms with Crippen LogP contribution in [-0.2, 0) is 14.6 Å². The zero-order valence-corrected chi connectivity index (χ0v) is 12.2. The van der Waals surface area contributed by atoms with E-state index in [2.05, 4.69) is 6.92 Å². The molecular formula is C15H22O3S. The predicted octanol–water partition coefficient (Wildman–Crippen LogP) is 3.55. The Morgan fingerprint density at radius 3 is 2.63 bits per heavy atom. The van der Waals surface area contributed by atoms with Crippen molar-refractivity contribution in [2.75, 3.05) is 0 Å². The molecule has 19 heavy (non-hydrogen) atoms. The fourth-order valence-electron chi connectivity index (χ4n) is 2.50. The summed E-state index contributed by atoms with van der Waals surface area (Å²) in [6, 6.07) is 8.63. The van der Waals surface area contributed by atoms with E-state index in [-0.39, 0.29) is 6.10 Å². The summed E-state index contributed by atoms with van der Waals surface area (Å²) in [5, 5.41) is 0. The zero-order chi connectivity index (χ0) is 13.7. The van der Waals surface area contributed by atoms with Gasteiger partial charge in [-0.3, -0.25) is 0 Å². The molecule has 1 aliphatic rings. The minimum absolute atomic E-state index is 0.109. The van der Waals surface area contributed by atoms with Gasteiger partial charge in [-0.15, -0.1) is 0 Å². The summed E-state index contributed by atoms with van der Waals surface area (Å²) in [5.74, 6) is 0. The molecule has 0 bridgehead atoms. The molecule has 0 aliphatic carbocycles. The highest BCUT2D eigenvalue weighted by molar-refractivity contribution is 7.91. The van der Waals surface area contributed by atoms with Crippen LogP contribution in [0.1, 0.15) is 45.4 Å². The second-order valence-electron chi connectivity index (χ2n) is 5.12. The fraction of sp³-hybridized carbons (Fsp3) is 0.600. The van der Waals surface area contributed by atoms with E-state index in [0.29, 0.717) is 11.3 Å². The van der Waals surface area contributed by atoms with Crippen molar-refractivity contribution in [3.63, 3.8) is 0 Å². The van der Waals surface area contributed by atoms with Crippen LogP contribution in [0.3, 0.4) is 0 Å². The summed E-state index contributed by atoms with van der Waals surface area (Å²) >= 11 is 0. The van der Waals surface area contributed by atoms with Crippen LogP contribution in [0.2, 0.25) is 0 Å². The molecule has 4 heteroatoms. The van der Waals surface area contributed by atoms with Crippen LogP contribution >= 0.6 is 0 Å². The Bertz CT molecular complexity index is 481. The van der Waals surface area contributed by atoms with Gasteiger partial charge in [0.25, 0.3) is 0 Å². The van der Waals surface area contributed by atoms with E-state index in [1.165, 1.54) is 0 Å². The van der Waals surface area contributed by atoms with E-state index < -0.39 is 15.3 Å². The van der Waals surface area contributed by atoms with Gasteiger partial charge in [-0.25, -0.2) is 8.42 Å². The van der Waals surface area contributed by atoms with Gasteiger partial charge < -0.3 is 4.74 Å². The minimum atomic E-state index is -3.34. The summed E-state index contributed by atoms with van der Waals surface area (Å²) in [7, 11) is -3.34. The lowest BCUT2D eigenvalue weighted by molar-refractivity contribution is -0.0138. The Morgan fingerprint density at radius 2 is 1.95 bits per heavy atom. The number of sulfone groups is 1. The van der Waals surface area contributed by atoms with Gasteiger partial charge in [0.1, 0.15) is 0 Å². The van der Waals surface area contributed by atoms with Gasteiger partial charge in [0.05, 0.1) is 11.0 Å². The number of benzene rings is 1. The van der Waals surface area contributed by atoms with Crippen LogP contribution in [0.25, 0.3) is 0 Å². The predicted molar refractivity (Wildman–Crippen MR) is 75.7 cm³/mol. The van der Waals surface area contributed by atoms with E-state index in [4.69, 9.17) is 4.74 Å². The Hall–Kier alpha value is -0.870. The minimum Gasteiger partial charge on any atom is -0.359 e. The lowest BCUT2D eigenvalue weighted by atomic mass is 10.0. The molecule has 2 atom stereocenters. The summed E-state index contributed by atoms with van der Waals surface area (Å²) < 4.78 is 30.8. The van der Waals surface area contributed by atoms with Crippen LogP contribution in [0, 0.1) is 0 Å². The Morgan fingerprint density at radius 1 is 1.21 bits per heavy atom. The summed E-state index contributed by atoms with van der Waals surface area (Å²) in [4.78, 5) is 0.371. The highest BCUT2D eigenvalue weighted by Crippen LogP contribution is 2.29. The maximum Gasteiger partial charge on any atom is 0.205 e. The van der Waals surface area contributed by atoms with Crippen molar-refractivity contribution < 1.29 is 13.2 Å². The lowest BCUT2D eigenvalue weighted by Crippen LogP contribution is -2.33. The number of ether oxygens (including phenoxy) is 1. The summed E-state index contributed by atoms with van der Waals surface area (Å²) in [6.07, 6.45) is 5.83. The molecular weight excluding hydrogens is 260 g/mol. The first-order valence-electron chi connectivity index (χ1n) is 7.09. The van der Waals surface area contributed by atoms with Crippen molar-refractivity contribution in [1.29, 1.82) is 0 Å². The van der Waals surface area contributed by atoms with Gasteiger partial charge >= 0.3 is 0 Å². The van der Waals surface area contributed by atoms with Gasteiger partial charge in [-0.05, 0) is 37.8 Å². The topological polar surface area (TPSA) is 43.4 Å². The molecule has 106 valence electrons. The highest BCUT2D eigenvalue weighted by atomic mass is 32.2. The van der Waals surface area contributed by atoms with Crippen LogP contribution in [-0.4, -0.2) is 20.0 Å². The second-order valence-corrected chi connectivity index (χ2v) is 7.21. The quantitative estimate of drug-likeness (QED) is 0.829. The third kappa shape index (κ3) is 3.57. The molecule has 0 unspecified atom stereocenters. The Balaban J connectivity index is 2.08. The average Bonchev–Trinajstić information content (AvgIpc) is 2.46. The first-order chi connectivity index (χ1) is 9.14. The van der Waals surface area contributed by atoms with Crippen LogP contribution in [0.4, 0.5) is 0 Å². The smallest absolute Gasteiger partial charge is 0.205 e. The highest BCUT2D eigenvalue weighted by Gasteiger charge is 2.33. The number of unbranched alkanes of at least 4 members (excludes halogenated alkanes) is 1.